The van der Waals surface area contributed by atoms with Crippen molar-refractivity contribution in [2.75, 3.05) is 18.5 Å². The fraction of sp³-hybridized carbons (Fsp3) is 0.333. The van der Waals surface area contributed by atoms with E-state index in [-0.39, 0.29) is 17.9 Å². The molecule has 0 spiro atoms. The number of benzene rings is 2. The lowest BCUT2D eigenvalue weighted by molar-refractivity contribution is -0.117. The largest absolute Gasteiger partial charge is 0.335 e. The zero-order valence-corrected chi connectivity index (χ0v) is 15.0. The lowest BCUT2D eigenvalue weighted by atomic mass is 10.0. The maximum Gasteiger partial charge on any atom is 0.254 e. The van der Waals surface area contributed by atoms with Crippen LogP contribution in [0.2, 0.25) is 0 Å². The van der Waals surface area contributed by atoms with Gasteiger partial charge in [0.15, 0.2) is 0 Å². The van der Waals surface area contributed by atoms with E-state index in [9.17, 15) is 9.59 Å². The van der Waals surface area contributed by atoms with Gasteiger partial charge in [-0.25, -0.2) is 0 Å². The van der Waals surface area contributed by atoms with Crippen LogP contribution in [0.15, 0.2) is 48.5 Å². The summed E-state index contributed by atoms with van der Waals surface area (Å²) in [5.41, 5.74) is 3.82. The maximum atomic E-state index is 12.8. The van der Waals surface area contributed by atoms with E-state index in [1.807, 2.05) is 38.2 Å². The average Bonchev–Trinajstić information content (AvgIpc) is 3.06. The predicted octanol–water partition coefficient (Wildman–Crippen LogP) is 3.96. The van der Waals surface area contributed by atoms with E-state index in [0.29, 0.717) is 12.0 Å². The highest BCUT2D eigenvalue weighted by atomic mass is 16.2. The zero-order chi connectivity index (χ0) is 18.0. The van der Waals surface area contributed by atoms with Gasteiger partial charge in [0, 0.05) is 31.3 Å². The van der Waals surface area contributed by atoms with Gasteiger partial charge in [0.25, 0.3) is 5.91 Å². The minimum absolute atomic E-state index is 0.00654. The molecule has 1 aliphatic rings. The van der Waals surface area contributed by atoms with Gasteiger partial charge in [-0.1, -0.05) is 29.8 Å². The van der Waals surface area contributed by atoms with Gasteiger partial charge in [-0.05, 0) is 50.1 Å². The van der Waals surface area contributed by atoms with Crippen LogP contribution in [0.5, 0.6) is 0 Å². The van der Waals surface area contributed by atoms with Gasteiger partial charge in [0.1, 0.15) is 0 Å². The molecule has 4 nitrogen and oxygen atoms in total. The molecule has 0 aliphatic carbocycles. The van der Waals surface area contributed by atoms with Crippen LogP contribution in [0.25, 0.3) is 0 Å². The highest BCUT2D eigenvalue weighted by molar-refractivity contribution is 5.97. The number of rotatable bonds is 4. The summed E-state index contributed by atoms with van der Waals surface area (Å²) in [5.74, 6) is 0.136. The first kappa shape index (κ1) is 17.2. The number of hydrogen-bond acceptors (Lipinski definition) is 2. The molecule has 2 amide bonds. The normalized spacial score (nSPS) is 15.3. The highest BCUT2D eigenvalue weighted by Crippen LogP contribution is 2.24. The lowest BCUT2D eigenvalue weighted by Crippen LogP contribution is -2.29. The molecule has 0 radical (unpaired) electrons. The number of anilines is 1. The maximum absolute atomic E-state index is 12.8. The van der Waals surface area contributed by atoms with Gasteiger partial charge in [-0.3, -0.25) is 9.59 Å². The van der Waals surface area contributed by atoms with Gasteiger partial charge >= 0.3 is 0 Å². The van der Waals surface area contributed by atoms with Crippen molar-refractivity contribution in [3.05, 3.63) is 65.2 Å². The first-order valence-electron chi connectivity index (χ1n) is 8.71. The number of nitrogens with zero attached hydrogens (tertiary/aromatic N) is 2. The summed E-state index contributed by atoms with van der Waals surface area (Å²) in [6.07, 6.45) is 1.51. The second-order valence-electron chi connectivity index (χ2n) is 6.70. The number of hydrogen-bond donors (Lipinski definition) is 0. The van der Waals surface area contributed by atoms with Crippen molar-refractivity contribution in [1.29, 1.82) is 0 Å². The predicted molar refractivity (Wildman–Crippen MR) is 99.7 cm³/mol. The van der Waals surface area contributed by atoms with Crippen molar-refractivity contribution in [2.24, 2.45) is 0 Å². The Morgan fingerprint density at radius 1 is 1.08 bits per heavy atom. The summed E-state index contributed by atoms with van der Waals surface area (Å²) in [6.45, 7) is 4.84. The number of carbonyl (C=O) groups is 2. The second kappa shape index (κ2) is 7.09. The standard InChI is InChI=1S/C21H24N2O2/c1-15-6-8-17(9-7-15)16(2)22(3)21(25)18-10-12-19(13-11-18)23-14-4-5-20(23)24/h6-13,16H,4-5,14H2,1-3H3. The molecule has 0 N–H and O–H groups in total. The Kier molecular flexibility index (Phi) is 4.88. The molecule has 1 atom stereocenters. The molecule has 1 aliphatic heterocycles. The van der Waals surface area contributed by atoms with Gasteiger partial charge in [0.2, 0.25) is 5.91 Å². The molecule has 4 heteroatoms. The van der Waals surface area contributed by atoms with E-state index in [1.54, 1.807) is 9.80 Å². The Hall–Kier alpha value is -2.62. The molecule has 0 bridgehead atoms. The molecule has 1 fully saturated rings. The first-order valence-corrected chi connectivity index (χ1v) is 8.71. The van der Waals surface area contributed by atoms with E-state index in [2.05, 4.69) is 31.2 Å². The molecule has 1 saturated heterocycles. The van der Waals surface area contributed by atoms with Crippen LogP contribution in [0.1, 0.15) is 47.3 Å². The Morgan fingerprint density at radius 3 is 2.28 bits per heavy atom. The summed E-state index contributed by atoms with van der Waals surface area (Å²) in [6, 6.07) is 15.6. The Balaban J connectivity index is 1.73. The van der Waals surface area contributed by atoms with E-state index in [4.69, 9.17) is 0 Å². The van der Waals surface area contributed by atoms with Crippen LogP contribution >= 0.6 is 0 Å². The van der Waals surface area contributed by atoms with E-state index >= 15 is 0 Å². The van der Waals surface area contributed by atoms with E-state index < -0.39 is 0 Å². The van der Waals surface area contributed by atoms with Crippen LogP contribution in [0.4, 0.5) is 5.69 Å². The summed E-state index contributed by atoms with van der Waals surface area (Å²) < 4.78 is 0. The third-order valence-electron chi connectivity index (χ3n) is 4.96. The molecule has 0 saturated carbocycles. The van der Waals surface area contributed by atoms with E-state index in [0.717, 1.165) is 24.2 Å². The number of carbonyl (C=O) groups excluding carboxylic acids is 2. The molecule has 2 aromatic carbocycles. The van der Waals surface area contributed by atoms with Crippen molar-refractivity contribution < 1.29 is 9.59 Å². The molecular formula is C21H24N2O2. The summed E-state index contributed by atoms with van der Waals surface area (Å²) in [7, 11) is 1.82. The Bertz CT molecular complexity index is 765. The van der Waals surface area contributed by atoms with Gasteiger partial charge in [-0.15, -0.1) is 0 Å². The average molecular weight is 336 g/mol. The molecule has 130 valence electrons. The molecule has 3 rings (SSSR count). The molecular weight excluding hydrogens is 312 g/mol. The van der Waals surface area contributed by atoms with Crippen molar-refractivity contribution in [1.82, 2.24) is 4.90 Å². The molecule has 0 aromatic heterocycles. The van der Waals surface area contributed by atoms with Gasteiger partial charge in [-0.2, -0.15) is 0 Å². The van der Waals surface area contributed by atoms with Crippen molar-refractivity contribution in [3.8, 4) is 0 Å². The van der Waals surface area contributed by atoms with Crippen LogP contribution in [0.3, 0.4) is 0 Å². The van der Waals surface area contributed by atoms with Crippen molar-refractivity contribution in [3.63, 3.8) is 0 Å². The Morgan fingerprint density at radius 2 is 1.72 bits per heavy atom. The minimum atomic E-state index is -0.0210. The summed E-state index contributed by atoms with van der Waals surface area (Å²) in [4.78, 5) is 28.1. The minimum Gasteiger partial charge on any atom is -0.335 e. The van der Waals surface area contributed by atoms with Crippen molar-refractivity contribution >= 4 is 17.5 Å². The Labute approximate surface area is 149 Å². The SMILES string of the molecule is Cc1ccc(C(C)N(C)C(=O)c2ccc(N3CCCC3=O)cc2)cc1. The highest BCUT2D eigenvalue weighted by Gasteiger charge is 2.23. The fourth-order valence-corrected chi connectivity index (χ4v) is 3.15. The molecule has 2 aromatic rings. The van der Waals surface area contributed by atoms with E-state index in [1.165, 1.54) is 5.56 Å². The van der Waals surface area contributed by atoms with Crippen molar-refractivity contribution in [2.45, 2.75) is 32.7 Å². The summed E-state index contributed by atoms with van der Waals surface area (Å²) >= 11 is 0. The van der Waals surface area contributed by atoms with Crippen LogP contribution in [-0.2, 0) is 4.79 Å². The topological polar surface area (TPSA) is 40.6 Å². The zero-order valence-electron chi connectivity index (χ0n) is 15.0. The summed E-state index contributed by atoms with van der Waals surface area (Å²) in [5, 5.41) is 0. The van der Waals surface area contributed by atoms with Crippen LogP contribution < -0.4 is 4.90 Å². The van der Waals surface area contributed by atoms with Gasteiger partial charge < -0.3 is 9.80 Å². The molecule has 1 heterocycles. The van der Waals surface area contributed by atoms with Crippen LogP contribution in [-0.4, -0.2) is 30.3 Å². The molecule has 1 unspecified atom stereocenters. The number of amides is 2. The smallest absolute Gasteiger partial charge is 0.254 e. The third-order valence-corrected chi connectivity index (χ3v) is 4.96. The molecule has 25 heavy (non-hydrogen) atoms. The van der Waals surface area contributed by atoms with Gasteiger partial charge in [0.05, 0.1) is 6.04 Å². The lowest BCUT2D eigenvalue weighted by Gasteiger charge is -2.26. The fourth-order valence-electron chi connectivity index (χ4n) is 3.15. The third kappa shape index (κ3) is 3.58. The van der Waals surface area contributed by atoms with Crippen LogP contribution in [0, 0.1) is 6.92 Å². The quantitative estimate of drug-likeness (QED) is 0.848. The first-order chi connectivity index (χ1) is 12.0. The second-order valence-corrected chi connectivity index (χ2v) is 6.70. The number of aryl methyl sites for hydroxylation is 1. The monoisotopic (exact) mass is 336 g/mol.